The first kappa shape index (κ1) is 12.0. The monoisotopic (exact) mass is 250 g/mol. The van der Waals surface area contributed by atoms with Gasteiger partial charge in [-0.05, 0) is 42.2 Å². The fraction of sp³-hybridized carbons (Fsp3) is 0.235. The summed E-state index contributed by atoms with van der Waals surface area (Å²) in [5, 5.41) is 0. The van der Waals surface area contributed by atoms with Gasteiger partial charge in [0.15, 0.2) is 0 Å². The highest BCUT2D eigenvalue weighted by molar-refractivity contribution is 5.82. The van der Waals surface area contributed by atoms with Crippen LogP contribution in [0.4, 0.5) is 0 Å². The number of hydrogen-bond donors (Lipinski definition) is 0. The molecule has 2 aromatic carbocycles. The highest BCUT2D eigenvalue weighted by Gasteiger charge is 2.04. The van der Waals surface area contributed by atoms with E-state index in [4.69, 9.17) is 0 Å². The van der Waals surface area contributed by atoms with Crippen molar-refractivity contribution in [2.45, 2.75) is 26.8 Å². The van der Waals surface area contributed by atoms with E-state index in [1.54, 1.807) is 0 Å². The van der Waals surface area contributed by atoms with Crippen LogP contribution in [0.15, 0.2) is 48.8 Å². The van der Waals surface area contributed by atoms with Crippen LogP contribution in [0.5, 0.6) is 0 Å². The summed E-state index contributed by atoms with van der Waals surface area (Å²) in [7, 11) is 0. The van der Waals surface area contributed by atoms with Gasteiger partial charge in [0.2, 0.25) is 0 Å². The van der Waals surface area contributed by atoms with Crippen molar-refractivity contribution in [1.82, 2.24) is 9.55 Å². The van der Waals surface area contributed by atoms with Gasteiger partial charge in [-0.15, -0.1) is 0 Å². The van der Waals surface area contributed by atoms with Gasteiger partial charge in [0.25, 0.3) is 0 Å². The second kappa shape index (κ2) is 4.88. The zero-order chi connectivity index (χ0) is 13.2. The smallest absolute Gasteiger partial charge is 0.0958 e. The maximum absolute atomic E-state index is 4.47. The van der Waals surface area contributed by atoms with Gasteiger partial charge >= 0.3 is 0 Å². The fourth-order valence-corrected chi connectivity index (χ4v) is 2.43. The van der Waals surface area contributed by atoms with E-state index in [0.717, 1.165) is 18.5 Å². The molecule has 1 heterocycles. The lowest BCUT2D eigenvalue weighted by atomic mass is 10.0. The van der Waals surface area contributed by atoms with Gasteiger partial charge in [-0.3, -0.25) is 0 Å². The molecule has 2 nitrogen and oxygen atoms in total. The molecule has 19 heavy (non-hydrogen) atoms. The number of imidazole rings is 1. The molecular weight excluding hydrogens is 232 g/mol. The van der Waals surface area contributed by atoms with Gasteiger partial charge in [-0.25, -0.2) is 4.98 Å². The molecule has 0 saturated heterocycles. The van der Waals surface area contributed by atoms with Gasteiger partial charge in [-0.1, -0.05) is 37.3 Å². The predicted molar refractivity (Wildman–Crippen MR) is 80.2 cm³/mol. The van der Waals surface area contributed by atoms with E-state index in [2.05, 4.69) is 65.9 Å². The van der Waals surface area contributed by atoms with Gasteiger partial charge in [0, 0.05) is 6.54 Å². The van der Waals surface area contributed by atoms with Crippen LogP contribution in [0.25, 0.3) is 22.2 Å². The van der Waals surface area contributed by atoms with Crippen LogP contribution in [0.1, 0.15) is 19.4 Å². The van der Waals surface area contributed by atoms with Crippen molar-refractivity contribution in [3.8, 4) is 11.1 Å². The van der Waals surface area contributed by atoms with Crippen LogP contribution >= 0.6 is 0 Å². The number of hydrogen-bond acceptors (Lipinski definition) is 1. The van der Waals surface area contributed by atoms with Crippen molar-refractivity contribution in [3.05, 3.63) is 54.4 Å². The first-order valence-electron chi connectivity index (χ1n) is 6.86. The summed E-state index contributed by atoms with van der Waals surface area (Å²) in [6, 6.07) is 15.3. The van der Waals surface area contributed by atoms with E-state index >= 15 is 0 Å². The molecule has 0 radical (unpaired) electrons. The molecule has 0 N–H and O–H groups in total. The number of benzene rings is 2. The molecular formula is C17H18N2. The van der Waals surface area contributed by atoms with E-state index < -0.39 is 0 Å². The van der Waals surface area contributed by atoms with Crippen LogP contribution in [0.2, 0.25) is 0 Å². The molecule has 0 aliphatic heterocycles. The molecule has 2 heteroatoms. The van der Waals surface area contributed by atoms with E-state index in [9.17, 15) is 0 Å². The van der Waals surface area contributed by atoms with Crippen LogP contribution in [-0.2, 0) is 13.0 Å². The van der Waals surface area contributed by atoms with Crippen LogP contribution in [0.3, 0.4) is 0 Å². The van der Waals surface area contributed by atoms with Crippen molar-refractivity contribution in [2.24, 2.45) is 0 Å². The van der Waals surface area contributed by atoms with Crippen LogP contribution < -0.4 is 0 Å². The molecule has 0 fully saturated rings. The van der Waals surface area contributed by atoms with Gasteiger partial charge in [0.05, 0.1) is 17.4 Å². The number of nitrogens with zero attached hydrogens (tertiary/aromatic N) is 2. The van der Waals surface area contributed by atoms with Crippen molar-refractivity contribution in [1.29, 1.82) is 0 Å². The standard InChI is InChI=1S/C17H18N2/c1-3-13-5-7-14(8-6-13)15-9-10-17-16(11-15)18-12-19(17)4-2/h5-12H,3-4H2,1-2H3. The molecule has 96 valence electrons. The highest BCUT2D eigenvalue weighted by atomic mass is 15.0. The van der Waals surface area contributed by atoms with Crippen molar-refractivity contribution < 1.29 is 0 Å². The Morgan fingerprint density at radius 3 is 2.37 bits per heavy atom. The third-order valence-corrected chi connectivity index (χ3v) is 3.66. The van der Waals surface area contributed by atoms with Crippen molar-refractivity contribution in [2.75, 3.05) is 0 Å². The van der Waals surface area contributed by atoms with E-state index in [1.807, 2.05) is 6.33 Å². The Morgan fingerprint density at radius 2 is 1.68 bits per heavy atom. The molecule has 0 aliphatic carbocycles. The average molecular weight is 250 g/mol. The Labute approximate surface area is 113 Å². The first-order chi connectivity index (χ1) is 9.31. The topological polar surface area (TPSA) is 17.8 Å². The molecule has 0 aliphatic rings. The Morgan fingerprint density at radius 1 is 0.947 bits per heavy atom. The molecule has 0 atom stereocenters. The maximum atomic E-state index is 4.47. The van der Waals surface area contributed by atoms with Crippen molar-refractivity contribution >= 4 is 11.0 Å². The van der Waals surface area contributed by atoms with Crippen molar-refractivity contribution in [3.63, 3.8) is 0 Å². The molecule has 0 amide bonds. The summed E-state index contributed by atoms with van der Waals surface area (Å²) in [5.41, 5.74) is 6.14. The highest BCUT2D eigenvalue weighted by Crippen LogP contribution is 2.24. The van der Waals surface area contributed by atoms with Gasteiger partial charge in [0.1, 0.15) is 0 Å². The second-order valence-electron chi connectivity index (χ2n) is 4.78. The maximum Gasteiger partial charge on any atom is 0.0958 e. The Balaban J connectivity index is 2.04. The predicted octanol–water partition coefficient (Wildman–Crippen LogP) is 4.29. The molecule has 0 unspecified atom stereocenters. The van der Waals surface area contributed by atoms with Crippen LogP contribution in [0, 0.1) is 0 Å². The summed E-state index contributed by atoms with van der Waals surface area (Å²) >= 11 is 0. The summed E-state index contributed by atoms with van der Waals surface area (Å²) in [6.07, 6.45) is 2.99. The molecule has 3 rings (SSSR count). The average Bonchev–Trinajstić information content (AvgIpc) is 2.89. The Bertz CT molecular complexity index is 693. The molecule has 1 aromatic heterocycles. The fourth-order valence-electron chi connectivity index (χ4n) is 2.43. The van der Waals surface area contributed by atoms with Gasteiger partial charge in [-0.2, -0.15) is 0 Å². The SMILES string of the molecule is CCc1ccc(-c2ccc3c(c2)ncn3CC)cc1. The quantitative estimate of drug-likeness (QED) is 0.678. The number of aromatic nitrogens is 2. The van der Waals surface area contributed by atoms with E-state index in [1.165, 1.54) is 22.2 Å². The zero-order valence-electron chi connectivity index (χ0n) is 11.4. The lowest BCUT2D eigenvalue weighted by molar-refractivity contribution is 0.787. The summed E-state index contributed by atoms with van der Waals surface area (Å²) in [5.74, 6) is 0. The van der Waals surface area contributed by atoms with E-state index in [0.29, 0.717) is 0 Å². The number of rotatable bonds is 3. The number of fused-ring (bicyclic) bond motifs is 1. The lowest BCUT2D eigenvalue weighted by Crippen LogP contribution is -1.90. The van der Waals surface area contributed by atoms with Crippen LogP contribution in [-0.4, -0.2) is 9.55 Å². The van der Waals surface area contributed by atoms with Gasteiger partial charge < -0.3 is 4.57 Å². The molecule has 3 aromatic rings. The minimum absolute atomic E-state index is 0.959. The second-order valence-corrected chi connectivity index (χ2v) is 4.78. The van der Waals surface area contributed by atoms with E-state index in [-0.39, 0.29) is 0 Å². The molecule has 0 bridgehead atoms. The Hall–Kier alpha value is -2.09. The third kappa shape index (κ3) is 2.14. The minimum Gasteiger partial charge on any atom is -0.331 e. The summed E-state index contributed by atoms with van der Waals surface area (Å²) in [6.45, 7) is 5.28. The zero-order valence-corrected chi connectivity index (χ0v) is 11.4. The third-order valence-electron chi connectivity index (χ3n) is 3.66. The minimum atomic E-state index is 0.959. The summed E-state index contributed by atoms with van der Waals surface area (Å²) < 4.78 is 2.17. The number of aryl methyl sites for hydroxylation is 2. The first-order valence-corrected chi connectivity index (χ1v) is 6.86. The lowest BCUT2D eigenvalue weighted by Gasteiger charge is -2.04. The molecule has 0 spiro atoms. The molecule has 0 saturated carbocycles. The largest absolute Gasteiger partial charge is 0.331 e. The Kier molecular flexibility index (Phi) is 3.08. The summed E-state index contributed by atoms with van der Waals surface area (Å²) in [4.78, 5) is 4.47. The normalized spacial score (nSPS) is 11.1.